The van der Waals surface area contributed by atoms with Gasteiger partial charge < -0.3 is 20.5 Å². The molecule has 0 spiro atoms. The Morgan fingerprint density at radius 3 is 2.62 bits per heavy atom. The van der Waals surface area contributed by atoms with Crippen LogP contribution in [0.15, 0.2) is 41.4 Å². The van der Waals surface area contributed by atoms with Crippen LogP contribution >= 0.6 is 24.0 Å². The Bertz CT molecular complexity index is 893. The minimum absolute atomic E-state index is 0. The van der Waals surface area contributed by atoms with Crippen molar-refractivity contribution in [2.24, 2.45) is 4.99 Å². The number of likely N-dealkylation sites (tertiary alicyclic amines) is 1. The summed E-state index contributed by atoms with van der Waals surface area (Å²) in [6.45, 7) is 4.64. The summed E-state index contributed by atoms with van der Waals surface area (Å²) in [6.07, 6.45) is 1.86. The van der Waals surface area contributed by atoms with Crippen molar-refractivity contribution in [2.45, 2.75) is 38.9 Å². The highest BCUT2D eigenvalue weighted by Gasteiger charge is 2.23. The van der Waals surface area contributed by atoms with E-state index in [4.69, 9.17) is 4.74 Å². The highest BCUT2D eigenvalue weighted by Crippen LogP contribution is 2.29. The minimum Gasteiger partial charge on any atom is -0.504 e. The van der Waals surface area contributed by atoms with E-state index in [1.165, 1.54) is 25.3 Å². The number of benzene rings is 2. The molecule has 2 aromatic carbocycles. The number of phenols is 1. The highest BCUT2D eigenvalue weighted by atomic mass is 127. The number of phenolic OH excluding ortho intramolecular Hbond substituents is 1. The van der Waals surface area contributed by atoms with Crippen LogP contribution in [0.5, 0.6) is 11.5 Å². The lowest BCUT2D eigenvalue weighted by atomic mass is 10.0. The number of hydrogen-bond donors (Lipinski definition) is 3. The molecule has 1 heterocycles. The normalized spacial score (nSPS) is 16.9. The number of methoxy groups -OCH3 is 1. The van der Waals surface area contributed by atoms with Gasteiger partial charge in [-0.15, -0.1) is 24.0 Å². The summed E-state index contributed by atoms with van der Waals surface area (Å²) in [6, 6.07) is 9.38. The fourth-order valence-electron chi connectivity index (χ4n) is 3.76. The number of hydrogen-bond acceptors (Lipinski definition) is 4. The summed E-state index contributed by atoms with van der Waals surface area (Å²) in [5.74, 6) is 0.106. The predicted octanol–water partition coefficient (Wildman–Crippen LogP) is 4.02. The van der Waals surface area contributed by atoms with Crippen molar-refractivity contribution in [1.29, 1.82) is 0 Å². The molecular weight excluding hydrogens is 529 g/mol. The molecule has 176 valence electrons. The zero-order valence-electron chi connectivity index (χ0n) is 18.4. The number of rotatable bonds is 7. The minimum atomic E-state index is -0.511. The van der Waals surface area contributed by atoms with Crippen LogP contribution in [0.2, 0.25) is 0 Å². The Balaban J connectivity index is 0.00000363. The molecule has 0 saturated carbocycles. The molecule has 32 heavy (non-hydrogen) atoms. The van der Waals surface area contributed by atoms with E-state index in [0.29, 0.717) is 30.4 Å². The first-order chi connectivity index (χ1) is 15.0. The number of ether oxygens (including phenoxy) is 1. The third kappa shape index (κ3) is 6.93. The molecule has 0 aliphatic carbocycles. The van der Waals surface area contributed by atoms with Crippen LogP contribution in [0.1, 0.15) is 30.9 Å². The molecular formula is C23H31F2IN4O2. The van der Waals surface area contributed by atoms with E-state index in [-0.39, 0.29) is 54.4 Å². The Kier molecular flexibility index (Phi) is 10.4. The van der Waals surface area contributed by atoms with Gasteiger partial charge in [-0.05, 0) is 44.5 Å². The zero-order valence-corrected chi connectivity index (χ0v) is 20.7. The Morgan fingerprint density at radius 2 is 1.94 bits per heavy atom. The molecule has 0 radical (unpaired) electrons. The number of halogens is 3. The monoisotopic (exact) mass is 560 g/mol. The summed E-state index contributed by atoms with van der Waals surface area (Å²) in [7, 11) is 1.51. The van der Waals surface area contributed by atoms with Crippen molar-refractivity contribution < 1.29 is 18.6 Å². The van der Waals surface area contributed by atoms with E-state index in [1.54, 1.807) is 12.1 Å². The predicted molar refractivity (Wildman–Crippen MR) is 133 cm³/mol. The third-order valence-corrected chi connectivity index (χ3v) is 5.34. The average Bonchev–Trinajstić information content (AvgIpc) is 2.76. The molecule has 0 bridgehead atoms. The second-order valence-electron chi connectivity index (χ2n) is 7.58. The van der Waals surface area contributed by atoms with Crippen molar-refractivity contribution in [3.8, 4) is 11.5 Å². The average molecular weight is 560 g/mol. The van der Waals surface area contributed by atoms with Crippen LogP contribution < -0.4 is 15.4 Å². The quantitative estimate of drug-likeness (QED) is 0.271. The van der Waals surface area contributed by atoms with Crippen LogP contribution in [0, 0.1) is 11.6 Å². The standard InChI is InChI=1S/C23H30F2N4O2.HI/c1-3-26-23(27-13-16-7-4-11-21(31-2)22(16)30)28-17-8-6-12-29(14-17)15-18-19(24)9-5-10-20(18)25;/h4-5,7,9-11,17,30H,3,6,8,12-15H2,1-2H3,(H2,26,27,28);1H. The summed E-state index contributed by atoms with van der Waals surface area (Å²) in [5.41, 5.74) is 0.772. The maximum Gasteiger partial charge on any atom is 0.191 e. The molecule has 1 fully saturated rings. The summed E-state index contributed by atoms with van der Waals surface area (Å²) in [5, 5.41) is 16.9. The molecule has 6 nitrogen and oxygen atoms in total. The third-order valence-electron chi connectivity index (χ3n) is 5.34. The number of nitrogens with zero attached hydrogens (tertiary/aromatic N) is 2. The Labute approximate surface area is 205 Å². The van der Waals surface area contributed by atoms with Crippen molar-refractivity contribution in [1.82, 2.24) is 15.5 Å². The maximum absolute atomic E-state index is 14.0. The van der Waals surface area contributed by atoms with Crippen LogP contribution in [0.25, 0.3) is 0 Å². The SMILES string of the molecule is CCNC(=NCc1cccc(OC)c1O)NC1CCCN(Cc2c(F)cccc2F)C1.I. The van der Waals surface area contributed by atoms with E-state index >= 15 is 0 Å². The fourth-order valence-corrected chi connectivity index (χ4v) is 3.76. The van der Waals surface area contributed by atoms with Gasteiger partial charge >= 0.3 is 0 Å². The lowest BCUT2D eigenvalue weighted by Crippen LogP contribution is -2.51. The van der Waals surface area contributed by atoms with E-state index in [9.17, 15) is 13.9 Å². The lowest BCUT2D eigenvalue weighted by Gasteiger charge is -2.34. The molecule has 0 amide bonds. The summed E-state index contributed by atoms with van der Waals surface area (Å²) >= 11 is 0. The van der Waals surface area contributed by atoms with Crippen LogP contribution in [0.4, 0.5) is 8.78 Å². The van der Waals surface area contributed by atoms with Gasteiger partial charge in [0, 0.05) is 36.8 Å². The summed E-state index contributed by atoms with van der Waals surface area (Å²) in [4.78, 5) is 6.65. The number of aromatic hydroxyl groups is 1. The largest absolute Gasteiger partial charge is 0.504 e. The first-order valence-corrected chi connectivity index (χ1v) is 10.6. The number of guanidine groups is 1. The highest BCUT2D eigenvalue weighted by molar-refractivity contribution is 14.0. The van der Waals surface area contributed by atoms with Crippen molar-refractivity contribution in [3.05, 3.63) is 59.2 Å². The molecule has 3 rings (SSSR count). The topological polar surface area (TPSA) is 69.1 Å². The molecule has 1 unspecified atom stereocenters. The number of nitrogens with one attached hydrogen (secondary N) is 2. The Morgan fingerprint density at radius 1 is 1.22 bits per heavy atom. The van der Waals surface area contributed by atoms with E-state index in [0.717, 1.165) is 19.4 Å². The van der Waals surface area contributed by atoms with Crippen molar-refractivity contribution in [2.75, 3.05) is 26.7 Å². The number of piperidine rings is 1. The van der Waals surface area contributed by atoms with Gasteiger partial charge in [-0.2, -0.15) is 0 Å². The zero-order chi connectivity index (χ0) is 22.2. The maximum atomic E-state index is 14.0. The molecule has 0 aromatic heterocycles. The molecule has 2 aromatic rings. The summed E-state index contributed by atoms with van der Waals surface area (Å²) < 4.78 is 33.2. The van der Waals surface area contributed by atoms with Crippen LogP contribution in [-0.2, 0) is 13.1 Å². The van der Waals surface area contributed by atoms with E-state index in [2.05, 4.69) is 20.5 Å². The van der Waals surface area contributed by atoms with Gasteiger partial charge in [0.2, 0.25) is 0 Å². The number of para-hydroxylation sites is 1. The van der Waals surface area contributed by atoms with Crippen LogP contribution in [0.3, 0.4) is 0 Å². The lowest BCUT2D eigenvalue weighted by molar-refractivity contribution is 0.188. The molecule has 1 atom stereocenters. The second kappa shape index (κ2) is 12.8. The van der Waals surface area contributed by atoms with Gasteiger partial charge in [0.05, 0.1) is 13.7 Å². The van der Waals surface area contributed by atoms with Gasteiger partial charge in [0.1, 0.15) is 11.6 Å². The molecule has 3 N–H and O–H groups in total. The molecule has 1 aliphatic heterocycles. The van der Waals surface area contributed by atoms with Crippen molar-refractivity contribution in [3.63, 3.8) is 0 Å². The van der Waals surface area contributed by atoms with Gasteiger partial charge in [-0.3, -0.25) is 4.90 Å². The van der Waals surface area contributed by atoms with Gasteiger partial charge in [-0.25, -0.2) is 13.8 Å². The fraction of sp³-hybridized carbons (Fsp3) is 0.435. The smallest absolute Gasteiger partial charge is 0.191 e. The second-order valence-corrected chi connectivity index (χ2v) is 7.58. The van der Waals surface area contributed by atoms with E-state index < -0.39 is 11.6 Å². The molecule has 9 heteroatoms. The van der Waals surface area contributed by atoms with Gasteiger partial charge in [0.25, 0.3) is 0 Å². The number of aliphatic imine (C=N–C) groups is 1. The first-order valence-electron chi connectivity index (χ1n) is 10.6. The van der Waals surface area contributed by atoms with Crippen molar-refractivity contribution >= 4 is 29.9 Å². The first kappa shape index (κ1) is 26.1. The molecule has 1 saturated heterocycles. The van der Waals surface area contributed by atoms with Gasteiger partial charge in [-0.1, -0.05) is 18.2 Å². The Hall–Kier alpha value is -2.14. The van der Waals surface area contributed by atoms with E-state index in [1.807, 2.05) is 13.0 Å². The van der Waals surface area contributed by atoms with Crippen LogP contribution in [-0.4, -0.2) is 48.8 Å². The molecule has 1 aliphatic rings. The van der Waals surface area contributed by atoms with Gasteiger partial charge in [0.15, 0.2) is 17.5 Å².